The smallest absolute Gasteiger partial charge is 0.165 e. The predicted molar refractivity (Wildman–Crippen MR) is 74.9 cm³/mol. The molecule has 1 aliphatic heterocycles. The summed E-state index contributed by atoms with van der Waals surface area (Å²) >= 11 is 0. The fourth-order valence-corrected chi connectivity index (χ4v) is 2.50. The molecule has 1 atom stereocenters. The number of benzene rings is 1. The van der Waals surface area contributed by atoms with Crippen molar-refractivity contribution in [1.82, 2.24) is 10.6 Å². The van der Waals surface area contributed by atoms with Crippen LogP contribution in [0, 0.1) is 5.82 Å². The summed E-state index contributed by atoms with van der Waals surface area (Å²) in [6.45, 7) is 2.81. The Hall–Kier alpha value is -1.13. The van der Waals surface area contributed by atoms with E-state index in [0.717, 1.165) is 25.1 Å². The molecule has 0 radical (unpaired) electrons. The fourth-order valence-electron chi connectivity index (χ4n) is 2.50. The molecule has 0 spiro atoms. The Labute approximate surface area is 114 Å². The molecule has 1 unspecified atom stereocenters. The topological polar surface area (TPSA) is 33.3 Å². The van der Waals surface area contributed by atoms with E-state index in [1.54, 1.807) is 6.07 Å². The molecule has 106 valence electrons. The molecule has 0 amide bonds. The number of nitrogens with one attached hydrogen (secondary N) is 2. The van der Waals surface area contributed by atoms with Crippen LogP contribution in [0.1, 0.15) is 31.2 Å². The molecule has 1 fully saturated rings. The van der Waals surface area contributed by atoms with E-state index in [0.29, 0.717) is 18.3 Å². The lowest BCUT2D eigenvalue weighted by Crippen LogP contribution is -2.36. The van der Waals surface area contributed by atoms with Crippen LogP contribution in [0.3, 0.4) is 0 Å². The van der Waals surface area contributed by atoms with E-state index >= 15 is 0 Å². The van der Waals surface area contributed by atoms with Gasteiger partial charge in [0.05, 0.1) is 7.11 Å². The molecule has 1 aromatic carbocycles. The molecule has 3 nitrogen and oxygen atoms in total. The first-order valence-electron chi connectivity index (χ1n) is 7.06. The van der Waals surface area contributed by atoms with Crippen LogP contribution < -0.4 is 15.4 Å². The summed E-state index contributed by atoms with van der Waals surface area (Å²) in [7, 11) is 1.48. The van der Waals surface area contributed by atoms with Crippen molar-refractivity contribution in [2.24, 2.45) is 0 Å². The first kappa shape index (κ1) is 14.3. The molecular weight excluding hydrogens is 243 g/mol. The molecule has 0 aromatic heterocycles. The molecule has 0 bridgehead atoms. The summed E-state index contributed by atoms with van der Waals surface area (Å²) in [5.41, 5.74) is 0.954. The van der Waals surface area contributed by atoms with E-state index in [1.807, 2.05) is 6.07 Å². The van der Waals surface area contributed by atoms with Crippen LogP contribution in [0.15, 0.2) is 18.2 Å². The van der Waals surface area contributed by atoms with Crippen LogP contribution in [0.5, 0.6) is 5.75 Å². The minimum absolute atomic E-state index is 0.296. The van der Waals surface area contributed by atoms with Gasteiger partial charge < -0.3 is 15.4 Å². The summed E-state index contributed by atoms with van der Waals surface area (Å²) in [5, 5.41) is 6.89. The van der Waals surface area contributed by atoms with Crippen molar-refractivity contribution < 1.29 is 9.13 Å². The van der Waals surface area contributed by atoms with Crippen molar-refractivity contribution >= 4 is 0 Å². The zero-order valence-electron chi connectivity index (χ0n) is 11.5. The molecule has 1 saturated heterocycles. The largest absolute Gasteiger partial charge is 0.494 e. The van der Waals surface area contributed by atoms with Crippen LogP contribution in [0.4, 0.5) is 4.39 Å². The summed E-state index contributed by atoms with van der Waals surface area (Å²) in [6.07, 6.45) is 5.05. The van der Waals surface area contributed by atoms with Gasteiger partial charge in [-0.25, -0.2) is 4.39 Å². The fraction of sp³-hybridized carbons (Fsp3) is 0.600. The maximum atomic E-state index is 13.5. The van der Waals surface area contributed by atoms with Crippen molar-refractivity contribution in [3.05, 3.63) is 29.6 Å². The summed E-state index contributed by atoms with van der Waals surface area (Å²) in [6, 6.07) is 5.75. The summed E-state index contributed by atoms with van der Waals surface area (Å²) in [5.74, 6) is 0.00547. The van der Waals surface area contributed by atoms with E-state index in [-0.39, 0.29) is 5.82 Å². The second kappa shape index (κ2) is 7.46. The highest BCUT2D eigenvalue weighted by molar-refractivity contribution is 5.29. The van der Waals surface area contributed by atoms with Gasteiger partial charge in [0, 0.05) is 12.6 Å². The molecule has 2 rings (SSSR count). The lowest BCUT2D eigenvalue weighted by atomic mass is 10.0. The van der Waals surface area contributed by atoms with Crippen molar-refractivity contribution in [2.75, 3.05) is 20.2 Å². The van der Waals surface area contributed by atoms with E-state index in [9.17, 15) is 4.39 Å². The van der Waals surface area contributed by atoms with Gasteiger partial charge >= 0.3 is 0 Å². The Balaban J connectivity index is 1.69. The van der Waals surface area contributed by atoms with Crippen LogP contribution >= 0.6 is 0 Å². The minimum Gasteiger partial charge on any atom is -0.494 e. The van der Waals surface area contributed by atoms with Gasteiger partial charge in [-0.2, -0.15) is 0 Å². The third-order valence-electron chi connectivity index (χ3n) is 3.63. The van der Waals surface area contributed by atoms with Crippen molar-refractivity contribution in [1.29, 1.82) is 0 Å². The zero-order chi connectivity index (χ0) is 13.5. The van der Waals surface area contributed by atoms with Crippen molar-refractivity contribution in [3.8, 4) is 5.75 Å². The number of hydrogen-bond donors (Lipinski definition) is 2. The Morgan fingerprint density at radius 2 is 2.32 bits per heavy atom. The molecule has 1 heterocycles. The van der Waals surface area contributed by atoms with Crippen LogP contribution in [-0.2, 0) is 6.54 Å². The third-order valence-corrected chi connectivity index (χ3v) is 3.63. The van der Waals surface area contributed by atoms with Crippen molar-refractivity contribution in [3.63, 3.8) is 0 Å². The molecule has 4 heteroatoms. The maximum absolute atomic E-state index is 13.5. The Bertz CT molecular complexity index is 392. The Kier molecular flexibility index (Phi) is 5.61. The maximum Gasteiger partial charge on any atom is 0.165 e. The number of ether oxygens (including phenoxy) is 1. The second-order valence-electron chi connectivity index (χ2n) is 5.08. The highest BCUT2D eigenvalue weighted by Crippen LogP contribution is 2.17. The number of halogens is 1. The Morgan fingerprint density at radius 3 is 3.00 bits per heavy atom. The van der Waals surface area contributed by atoms with Gasteiger partial charge in [0.1, 0.15) is 0 Å². The minimum atomic E-state index is -0.296. The van der Waals surface area contributed by atoms with E-state index < -0.39 is 0 Å². The normalized spacial score (nSPS) is 19.4. The lowest BCUT2D eigenvalue weighted by molar-refractivity contribution is 0.375. The average Bonchev–Trinajstić information content (AvgIpc) is 2.45. The quantitative estimate of drug-likeness (QED) is 0.776. The summed E-state index contributed by atoms with van der Waals surface area (Å²) in [4.78, 5) is 0. The van der Waals surface area contributed by atoms with Gasteiger partial charge in [-0.1, -0.05) is 12.5 Å². The van der Waals surface area contributed by atoms with E-state index in [4.69, 9.17) is 4.74 Å². The van der Waals surface area contributed by atoms with Crippen LogP contribution in [0.2, 0.25) is 0 Å². The molecule has 1 aromatic rings. The predicted octanol–water partition coefficient (Wildman–Crippen LogP) is 2.46. The van der Waals surface area contributed by atoms with Crippen LogP contribution in [-0.4, -0.2) is 26.2 Å². The highest BCUT2D eigenvalue weighted by atomic mass is 19.1. The lowest BCUT2D eigenvalue weighted by Gasteiger charge is -2.23. The highest BCUT2D eigenvalue weighted by Gasteiger charge is 2.11. The Morgan fingerprint density at radius 1 is 1.42 bits per heavy atom. The monoisotopic (exact) mass is 266 g/mol. The van der Waals surface area contributed by atoms with E-state index in [2.05, 4.69) is 10.6 Å². The molecule has 0 saturated carbocycles. The first-order valence-corrected chi connectivity index (χ1v) is 7.06. The van der Waals surface area contributed by atoms with Gasteiger partial charge in [0.15, 0.2) is 11.6 Å². The summed E-state index contributed by atoms with van der Waals surface area (Å²) < 4.78 is 18.4. The van der Waals surface area contributed by atoms with Gasteiger partial charge in [-0.15, -0.1) is 0 Å². The van der Waals surface area contributed by atoms with Gasteiger partial charge in [0.2, 0.25) is 0 Å². The molecule has 0 aliphatic carbocycles. The first-order chi connectivity index (χ1) is 9.29. The van der Waals surface area contributed by atoms with Gasteiger partial charge in [-0.3, -0.25) is 0 Å². The van der Waals surface area contributed by atoms with Gasteiger partial charge in [-0.05, 0) is 50.0 Å². The number of hydrogen-bond acceptors (Lipinski definition) is 3. The molecule has 19 heavy (non-hydrogen) atoms. The standard InChI is InChI=1S/C15H23FN2O/c1-19-15-6-5-12(10-14(15)16)11-17-9-7-13-4-2-3-8-18-13/h5-6,10,13,17-18H,2-4,7-9,11H2,1H3. The SMILES string of the molecule is COc1ccc(CNCCC2CCCCN2)cc1F. The van der Waals surface area contributed by atoms with Crippen molar-refractivity contribution in [2.45, 2.75) is 38.3 Å². The number of rotatable bonds is 6. The second-order valence-corrected chi connectivity index (χ2v) is 5.08. The molecule has 2 N–H and O–H groups in total. The average molecular weight is 266 g/mol. The third kappa shape index (κ3) is 4.48. The molecule has 1 aliphatic rings. The van der Waals surface area contributed by atoms with E-state index in [1.165, 1.54) is 32.4 Å². The number of methoxy groups -OCH3 is 1. The molecular formula is C15H23FN2O. The zero-order valence-corrected chi connectivity index (χ0v) is 11.5. The number of piperidine rings is 1. The van der Waals surface area contributed by atoms with Gasteiger partial charge in [0.25, 0.3) is 0 Å². The van der Waals surface area contributed by atoms with Crippen LogP contribution in [0.25, 0.3) is 0 Å².